The molecule has 0 saturated carbocycles. The van der Waals surface area contributed by atoms with Crippen LogP contribution >= 0.6 is 12.4 Å². The first-order valence-electron chi connectivity index (χ1n) is 4.36. The summed E-state index contributed by atoms with van der Waals surface area (Å²) < 4.78 is 26.3. The van der Waals surface area contributed by atoms with Gasteiger partial charge >= 0.3 is 0 Å². The summed E-state index contributed by atoms with van der Waals surface area (Å²) in [6, 6.07) is 2.44. The summed E-state index contributed by atoms with van der Waals surface area (Å²) in [6.45, 7) is 1.25. The van der Waals surface area contributed by atoms with E-state index in [1.807, 2.05) is 0 Å². The summed E-state index contributed by atoms with van der Waals surface area (Å²) in [5.74, 6) is -1.71. The second-order valence-corrected chi connectivity index (χ2v) is 3.32. The lowest BCUT2D eigenvalue weighted by Gasteiger charge is -2.10. The summed E-state index contributed by atoms with van der Waals surface area (Å²) in [7, 11) is 0. The van der Waals surface area contributed by atoms with Gasteiger partial charge in [0.2, 0.25) is 0 Å². The predicted octanol–water partition coefficient (Wildman–Crippen LogP) is 1.56. The highest BCUT2D eigenvalue weighted by molar-refractivity contribution is 5.85. The molecule has 2 nitrogen and oxygen atoms in total. The molecule has 1 rings (SSSR count). The van der Waals surface area contributed by atoms with E-state index in [1.54, 1.807) is 0 Å². The molecule has 0 aliphatic heterocycles. The third-order valence-corrected chi connectivity index (χ3v) is 2.07. The van der Waals surface area contributed by atoms with E-state index in [0.29, 0.717) is 0 Å². The first-order valence-corrected chi connectivity index (χ1v) is 4.36. The number of hydrogen-bond donors (Lipinski definition) is 2. The van der Waals surface area contributed by atoms with Gasteiger partial charge in [-0.2, -0.15) is 0 Å². The number of aryl methyl sites for hydroxylation is 1. The third kappa shape index (κ3) is 3.41. The molecule has 0 saturated heterocycles. The van der Waals surface area contributed by atoms with E-state index in [9.17, 15) is 8.78 Å². The highest BCUT2D eigenvalue weighted by Crippen LogP contribution is 2.16. The maximum atomic E-state index is 13.2. The standard InChI is InChI=1S/C10H13F2NO.ClH/c1-6-2-3-7(4-8(13)5-14)10(12)9(6)11;/h2-3,8,14H,4-5,13H2,1H3;1H. The Morgan fingerprint density at radius 3 is 2.47 bits per heavy atom. The Hall–Kier alpha value is -0.710. The van der Waals surface area contributed by atoms with Crippen molar-refractivity contribution in [2.45, 2.75) is 19.4 Å². The number of nitrogens with two attached hydrogens (primary N) is 1. The van der Waals surface area contributed by atoms with Gasteiger partial charge in [0.1, 0.15) is 0 Å². The van der Waals surface area contributed by atoms with Crippen molar-refractivity contribution < 1.29 is 13.9 Å². The van der Waals surface area contributed by atoms with Crippen LogP contribution in [0, 0.1) is 18.6 Å². The average molecular weight is 238 g/mol. The molecule has 0 radical (unpaired) electrons. The third-order valence-electron chi connectivity index (χ3n) is 2.07. The van der Waals surface area contributed by atoms with E-state index in [0.717, 1.165) is 0 Å². The molecular weight excluding hydrogens is 224 g/mol. The Labute approximate surface area is 93.5 Å². The van der Waals surface area contributed by atoms with E-state index in [-0.39, 0.29) is 36.6 Å². The monoisotopic (exact) mass is 237 g/mol. The van der Waals surface area contributed by atoms with Gasteiger partial charge in [-0.15, -0.1) is 12.4 Å². The number of benzene rings is 1. The van der Waals surface area contributed by atoms with Crippen LogP contribution in [-0.4, -0.2) is 17.8 Å². The lowest BCUT2D eigenvalue weighted by Crippen LogP contribution is -2.27. The summed E-state index contributed by atoms with van der Waals surface area (Å²) in [4.78, 5) is 0. The zero-order valence-electron chi connectivity index (χ0n) is 8.34. The zero-order valence-corrected chi connectivity index (χ0v) is 9.15. The van der Waals surface area contributed by atoms with Crippen molar-refractivity contribution in [3.63, 3.8) is 0 Å². The van der Waals surface area contributed by atoms with Crippen LogP contribution in [0.1, 0.15) is 11.1 Å². The summed E-state index contributed by atoms with van der Waals surface area (Å²) in [5, 5.41) is 8.67. The van der Waals surface area contributed by atoms with Crippen molar-refractivity contribution in [2.24, 2.45) is 5.73 Å². The van der Waals surface area contributed by atoms with Gasteiger partial charge in [0.05, 0.1) is 6.61 Å². The van der Waals surface area contributed by atoms with E-state index in [4.69, 9.17) is 10.8 Å². The molecule has 5 heteroatoms. The van der Waals surface area contributed by atoms with Gasteiger partial charge in [-0.25, -0.2) is 8.78 Å². The first kappa shape index (κ1) is 14.3. The van der Waals surface area contributed by atoms with Crippen LogP contribution in [-0.2, 0) is 6.42 Å². The Morgan fingerprint density at radius 2 is 1.93 bits per heavy atom. The van der Waals surface area contributed by atoms with Crippen molar-refractivity contribution in [3.8, 4) is 0 Å². The summed E-state index contributed by atoms with van der Waals surface area (Å²) >= 11 is 0. The normalized spacial score (nSPS) is 12.1. The molecule has 1 atom stereocenters. The molecule has 1 unspecified atom stereocenters. The van der Waals surface area contributed by atoms with E-state index in [2.05, 4.69) is 0 Å². The van der Waals surface area contributed by atoms with Gasteiger partial charge in [0.15, 0.2) is 11.6 Å². The van der Waals surface area contributed by atoms with Crippen molar-refractivity contribution in [1.82, 2.24) is 0 Å². The van der Waals surface area contributed by atoms with Crippen LogP contribution in [0.2, 0.25) is 0 Å². The molecule has 15 heavy (non-hydrogen) atoms. The van der Waals surface area contributed by atoms with Crippen LogP contribution in [0.5, 0.6) is 0 Å². The largest absolute Gasteiger partial charge is 0.395 e. The molecule has 1 aromatic carbocycles. The van der Waals surface area contributed by atoms with E-state index in [1.165, 1.54) is 19.1 Å². The topological polar surface area (TPSA) is 46.2 Å². The molecule has 0 heterocycles. The Kier molecular flexibility index (Phi) is 5.72. The molecule has 0 bridgehead atoms. The van der Waals surface area contributed by atoms with E-state index >= 15 is 0 Å². The molecule has 3 N–H and O–H groups in total. The second kappa shape index (κ2) is 6.00. The van der Waals surface area contributed by atoms with Crippen LogP contribution in [0.3, 0.4) is 0 Å². The molecule has 0 aliphatic carbocycles. The minimum Gasteiger partial charge on any atom is -0.395 e. The SMILES string of the molecule is Cc1ccc(CC(N)CO)c(F)c1F.Cl. The van der Waals surface area contributed by atoms with Gasteiger partial charge in [0, 0.05) is 6.04 Å². The fraction of sp³-hybridized carbons (Fsp3) is 0.400. The molecule has 0 aromatic heterocycles. The fourth-order valence-corrected chi connectivity index (χ4v) is 1.19. The average Bonchev–Trinajstić information content (AvgIpc) is 2.19. The van der Waals surface area contributed by atoms with Gasteiger partial charge in [-0.1, -0.05) is 12.1 Å². The maximum absolute atomic E-state index is 13.2. The molecular formula is C10H14ClF2NO. The van der Waals surface area contributed by atoms with Crippen molar-refractivity contribution >= 4 is 12.4 Å². The molecule has 0 aliphatic rings. The molecule has 1 aromatic rings. The van der Waals surface area contributed by atoms with Crippen LogP contribution in [0.15, 0.2) is 12.1 Å². The van der Waals surface area contributed by atoms with Crippen molar-refractivity contribution in [3.05, 3.63) is 34.9 Å². The Balaban J connectivity index is 0.00000196. The fourth-order valence-electron chi connectivity index (χ4n) is 1.19. The van der Waals surface area contributed by atoms with Crippen molar-refractivity contribution in [2.75, 3.05) is 6.61 Å². The highest BCUT2D eigenvalue weighted by Gasteiger charge is 2.12. The summed E-state index contributed by atoms with van der Waals surface area (Å²) in [5.41, 5.74) is 5.89. The predicted molar refractivity (Wildman–Crippen MR) is 57.1 cm³/mol. The Morgan fingerprint density at radius 1 is 1.33 bits per heavy atom. The molecule has 0 fully saturated rings. The lowest BCUT2D eigenvalue weighted by atomic mass is 10.0. The van der Waals surface area contributed by atoms with Crippen molar-refractivity contribution in [1.29, 1.82) is 0 Å². The lowest BCUT2D eigenvalue weighted by molar-refractivity contribution is 0.264. The van der Waals surface area contributed by atoms with Crippen LogP contribution < -0.4 is 5.73 Å². The quantitative estimate of drug-likeness (QED) is 0.838. The first-order chi connectivity index (χ1) is 6.56. The molecule has 0 amide bonds. The number of hydrogen-bond acceptors (Lipinski definition) is 2. The molecule has 0 spiro atoms. The highest BCUT2D eigenvalue weighted by atomic mass is 35.5. The number of aliphatic hydroxyl groups excluding tert-OH is 1. The maximum Gasteiger partial charge on any atom is 0.162 e. The second-order valence-electron chi connectivity index (χ2n) is 3.32. The van der Waals surface area contributed by atoms with Crippen LogP contribution in [0.4, 0.5) is 8.78 Å². The van der Waals surface area contributed by atoms with Gasteiger partial charge in [0.25, 0.3) is 0 Å². The van der Waals surface area contributed by atoms with Gasteiger partial charge in [-0.05, 0) is 24.5 Å². The van der Waals surface area contributed by atoms with E-state index < -0.39 is 17.7 Å². The number of halogens is 3. The number of rotatable bonds is 3. The van der Waals surface area contributed by atoms with Crippen LogP contribution in [0.25, 0.3) is 0 Å². The zero-order chi connectivity index (χ0) is 10.7. The minimum atomic E-state index is -0.867. The van der Waals surface area contributed by atoms with Gasteiger partial charge in [-0.3, -0.25) is 0 Å². The minimum absolute atomic E-state index is 0. The molecule has 86 valence electrons. The van der Waals surface area contributed by atoms with Gasteiger partial charge < -0.3 is 10.8 Å². The Bertz CT molecular complexity index is 333. The summed E-state index contributed by atoms with van der Waals surface area (Å²) in [6.07, 6.45) is 0.138. The number of aliphatic hydroxyl groups is 1. The smallest absolute Gasteiger partial charge is 0.162 e.